The zero-order valence-electron chi connectivity index (χ0n) is 10.9. The third-order valence-corrected chi connectivity index (χ3v) is 2.54. The fraction of sp³-hybridized carbons (Fsp3) is 0.214. The number of rotatable bonds is 4. The van der Waals surface area contributed by atoms with Crippen molar-refractivity contribution in [3.05, 3.63) is 42.0 Å². The zero-order chi connectivity index (χ0) is 13.7. The number of hydrogen-bond acceptors (Lipinski definition) is 4. The van der Waals surface area contributed by atoms with Crippen molar-refractivity contribution in [2.75, 3.05) is 6.61 Å². The molecule has 96 valence electrons. The van der Waals surface area contributed by atoms with Gasteiger partial charge in [0.15, 0.2) is 6.40 Å². The highest BCUT2D eigenvalue weighted by Gasteiger charge is 2.04. The molecule has 0 bridgehead atoms. The third-order valence-electron chi connectivity index (χ3n) is 2.54. The Hall–Kier alpha value is -2.61. The number of aliphatic imine (C=N–C) groups is 1. The molecule has 0 saturated heterocycles. The molecule has 5 heteroatoms. The summed E-state index contributed by atoms with van der Waals surface area (Å²) in [7, 11) is 0. The van der Waals surface area contributed by atoms with Crippen LogP contribution in [0.5, 0.6) is 0 Å². The van der Waals surface area contributed by atoms with Gasteiger partial charge >= 0.3 is 0 Å². The highest BCUT2D eigenvalue weighted by Crippen LogP contribution is 2.21. The maximum absolute atomic E-state index is 9.16. The van der Waals surface area contributed by atoms with Crippen LogP contribution in [0.4, 0.5) is 5.69 Å². The minimum atomic E-state index is 0.500. The maximum atomic E-state index is 9.16. The first kappa shape index (κ1) is 12.8. The summed E-state index contributed by atoms with van der Waals surface area (Å²) in [5, 5.41) is 9.16. The quantitative estimate of drug-likeness (QED) is 0.622. The predicted molar refractivity (Wildman–Crippen MR) is 72.8 cm³/mol. The van der Waals surface area contributed by atoms with E-state index in [9.17, 15) is 0 Å². The van der Waals surface area contributed by atoms with Crippen molar-refractivity contribution in [3.63, 3.8) is 0 Å². The van der Waals surface area contributed by atoms with Gasteiger partial charge in [-0.3, -0.25) is 0 Å². The van der Waals surface area contributed by atoms with Crippen molar-refractivity contribution < 1.29 is 4.74 Å². The first-order valence-electron chi connectivity index (χ1n) is 5.94. The SMILES string of the molecule is CCOC=Nc1ccc(-n2cnc(C)c2)cc1C#N. The predicted octanol–water partition coefficient (Wildman–Crippen LogP) is 2.75. The Morgan fingerprint density at radius 1 is 1.53 bits per heavy atom. The largest absolute Gasteiger partial charge is 0.483 e. The van der Waals surface area contributed by atoms with Crippen molar-refractivity contribution in [3.8, 4) is 11.8 Å². The van der Waals surface area contributed by atoms with E-state index in [-0.39, 0.29) is 0 Å². The molecule has 0 aliphatic rings. The van der Waals surface area contributed by atoms with Crippen LogP contribution in [0, 0.1) is 18.3 Å². The fourth-order valence-electron chi connectivity index (χ4n) is 1.62. The topological polar surface area (TPSA) is 63.2 Å². The number of benzene rings is 1. The summed E-state index contributed by atoms with van der Waals surface area (Å²) < 4.78 is 6.91. The van der Waals surface area contributed by atoms with Crippen LogP contribution in [-0.2, 0) is 4.74 Å². The Labute approximate surface area is 111 Å². The van der Waals surface area contributed by atoms with Crippen LogP contribution in [0.25, 0.3) is 5.69 Å². The normalized spacial score (nSPS) is 10.6. The number of nitrogens with zero attached hydrogens (tertiary/aromatic N) is 4. The Bertz CT molecular complexity index is 637. The number of ether oxygens (including phenoxy) is 1. The lowest BCUT2D eigenvalue weighted by Crippen LogP contribution is -1.91. The average Bonchev–Trinajstić information content (AvgIpc) is 2.86. The van der Waals surface area contributed by atoms with Gasteiger partial charge in [0.25, 0.3) is 0 Å². The van der Waals surface area contributed by atoms with Gasteiger partial charge in [0, 0.05) is 11.9 Å². The number of nitriles is 1. The average molecular weight is 254 g/mol. The lowest BCUT2D eigenvalue weighted by atomic mass is 10.1. The van der Waals surface area contributed by atoms with Crippen LogP contribution >= 0.6 is 0 Å². The molecule has 0 fully saturated rings. The van der Waals surface area contributed by atoms with Gasteiger partial charge in [0.2, 0.25) is 0 Å². The molecule has 1 heterocycles. The Morgan fingerprint density at radius 2 is 2.37 bits per heavy atom. The van der Waals surface area contributed by atoms with Gasteiger partial charge < -0.3 is 9.30 Å². The molecule has 0 atom stereocenters. The molecule has 2 rings (SSSR count). The third kappa shape index (κ3) is 2.99. The van der Waals surface area contributed by atoms with E-state index in [4.69, 9.17) is 10.00 Å². The maximum Gasteiger partial charge on any atom is 0.174 e. The standard InChI is InChI=1S/C14H14N4O/c1-3-19-10-17-14-5-4-13(6-12(14)7-15)18-8-11(2)16-9-18/h4-6,8-10H,3H2,1-2H3. The summed E-state index contributed by atoms with van der Waals surface area (Å²) >= 11 is 0. The summed E-state index contributed by atoms with van der Waals surface area (Å²) in [6.45, 7) is 4.35. The Kier molecular flexibility index (Phi) is 3.94. The molecule has 1 aromatic heterocycles. The van der Waals surface area contributed by atoms with Crippen molar-refractivity contribution in [1.29, 1.82) is 5.26 Å². The fourth-order valence-corrected chi connectivity index (χ4v) is 1.62. The molecule has 0 aliphatic heterocycles. The minimum Gasteiger partial charge on any atom is -0.483 e. The van der Waals surface area contributed by atoms with Gasteiger partial charge in [0.05, 0.1) is 29.9 Å². The summed E-state index contributed by atoms with van der Waals surface area (Å²) in [5.41, 5.74) is 2.90. The molecule has 2 aromatic rings. The molecule has 0 saturated carbocycles. The summed E-state index contributed by atoms with van der Waals surface area (Å²) in [6.07, 6.45) is 4.98. The highest BCUT2D eigenvalue weighted by molar-refractivity contribution is 5.64. The number of hydrogen-bond donors (Lipinski definition) is 0. The Morgan fingerprint density at radius 3 is 3.00 bits per heavy atom. The lowest BCUT2D eigenvalue weighted by molar-refractivity contribution is 0.344. The van der Waals surface area contributed by atoms with Gasteiger partial charge in [-0.2, -0.15) is 5.26 Å². The van der Waals surface area contributed by atoms with E-state index in [1.807, 2.05) is 30.7 Å². The minimum absolute atomic E-state index is 0.500. The van der Waals surface area contributed by atoms with Gasteiger partial charge in [-0.15, -0.1) is 0 Å². The summed E-state index contributed by atoms with van der Waals surface area (Å²) in [4.78, 5) is 8.27. The van der Waals surface area contributed by atoms with Crippen molar-refractivity contribution in [1.82, 2.24) is 9.55 Å². The van der Waals surface area contributed by atoms with E-state index >= 15 is 0 Å². The van der Waals surface area contributed by atoms with Gasteiger partial charge in [-0.05, 0) is 32.0 Å². The van der Waals surface area contributed by atoms with E-state index in [1.54, 1.807) is 18.5 Å². The monoisotopic (exact) mass is 254 g/mol. The number of aryl methyl sites for hydroxylation is 1. The second-order valence-corrected chi connectivity index (χ2v) is 3.93. The van der Waals surface area contributed by atoms with E-state index in [1.165, 1.54) is 6.40 Å². The highest BCUT2D eigenvalue weighted by atomic mass is 16.5. The molecule has 19 heavy (non-hydrogen) atoms. The molecule has 0 aliphatic carbocycles. The molecule has 0 amide bonds. The molecular formula is C14H14N4O. The van der Waals surface area contributed by atoms with Gasteiger partial charge in [-0.1, -0.05) is 0 Å². The van der Waals surface area contributed by atoms with Crippen LogP contribution in [0.1, 0.15) is 18.2 Å². The first-order chi connectivity index (χ1) is 9.24. The van der Waals surface area contributed by atoms with Crippen molar-refractivity contribution >= 4 is 12.1 Å². The number of aromatic nitrogens is 2. The zero-order valence-corrected chi connectivity index (χ0v) is 10.9. The Balaban J connectivity index is 2.34. The van der Waals surface area contributed by atoms with Crippen LogP contribution in [-0.4, -0.2) is 22.6 Å². The van der Waals surface area contributed by atoms with E-state index in [0.717, 1.165) is 11.4 Å². The summed E-state index contributed by atoms with van der Waals surface area (Å²) in [6, 6.07) is 7.59. The number of imidazole rings is 1. The van der Waals surface area contributed by atoms with Crippen LogP contribution in [0.3, 0.4) is 0 Å². The van der Waals surface area contributed by atoms with Gasteiger partial charge in [-0.25, -0.2) is 9.98 Å². The van der Waals surface area contributed by atoms with E-state index in [2.05, 4.69) is 16.0 Å². The van der Waals surface area contributed by atoms with Crippen LogP contribution in [0.15, 0.2) is 35.7 Å². The van der Waals surface area contributed by atoms with Crippen molar-refractivity contribution in [2.45, 2.75) is 13.8 Å². The summed E-state index contributed by atoms with van der Waals surface area (Å²) in [5.74, 6) is 0. The molecule has 0 unspecified atom stereocenters. The second-order valence-electron chi connectivity index (χ2n) is 3.93. The molecular weight excluding hydrogens is 240 g/mol. The van der Waals surface area contributed by atoms with Gasteiger partial charge in [0.1, 0.15) is 6.07 Å². The smallest absolute Gasteiger partial charge is 0.174 e. The first-order valence-corrected chi connectivity index (χ1v) is 5.94. The van der Waals surface area contributed by atoms with Crippen LogP contribution in [0.2, 0.25) is 0 Å². The molecule has 0 N–H and O–H groups in total. The van der Waals surface area contributed by atoms with E-state index in [0.29, 0.717) is 17.9 Å². The van der Waals surface area contributed by atoms with Crippen molar-refractivity contribution in [2.24, 2.45) is 4.99 Å². The van der Waals surface area contributed by atoms with Crippen LogP contribution < -0.4 is 0 Å². The molecule has 0 spiro atoms. The molecule has 1 aromatic carbocycles. The molecule has 5 nitrogen and oxygen atoms in total. The van der Waals surface area contributed by atoms with E-state index < -0.39 is 0 Å². The lowest BCUT2D eigenvalue weighted by Gasteiger charge is -2.04. The molecule has 0 radical (unpaired) electrons. The second kappa shape index (κ2) is 5.83.